The third kappa shape index (κ3) is 4.94. The number of hydrogen-bond donors (Lipinski definition) is 2. The van der Waals surface area contributed by atoms with Gasteiger partial charge in [0.15, 0.2) is 0 Å². The van der Waals surface area contributed by atoms with Crippen molar-refractivity contribution in [1.29, 1.82) is 0 Å². The maximum atomic E-state index is 12.0. The van der Waals surface area contributed by atoms with E-state index in [-0.39, 0.29) is 5.91 Å². The molecule has 0 spiro atoms. The van der Waals surface area contributed by atoms with Crippen LogP contribution in [0.4, 0.5) is 11.6 Å². The fourth-order valence-corrected chi connectivity index (χ4v) is 3.82. The van der Waals surface area contributed by atoms with Gasteiger partial charge in [0.25, 0.3) is 5.91 Å². The Morgan fingerprint density at radius 2 is 2.04 bits per heavy atom. The Bertz CT molecular complexity index is 736. The van der Waals surface area contributed by atoms with Crippen molar-refractivity contribution >= 4 is 52.1 Å². The van der Waals surface area contributed by atoms with E-state index in [0.717, 1.165) is 18.9 Å². The monoisotopic (exact) mass is 401 g/mol. The van der Waals surface area contributed by atoms with E-state index in [1.165, 1.54) is 17.7 Å². The number of rotatable bonds is 6. The number of nitrogens with zero attached hydrogens (tertiary/aromatic N) is 3. The van der Waals surface area contributed by atoms with Gasteiger partial charge in [0.2, 0.25) is 0 Å². The molecule has 1 aliphatic rings. The smallest absolute Gasteiger partial charge is 0.253 e. The summed E-state index contributed by atoms with van der Waals surface area (Å²) < 4.78 is 6.22. The average molecular weight is 402 g/mol. The predicted octanol–water partition coefficient (Wildman–Crippen LogP) is 2.52. The maximum absolute atomic E-state index is 12.0. The molecule has 10 heteroatoms. The average Bonchev–Trinajstić information content (AvgIpc) is 2.98. The van der Waals surface area contributed by atoms with E-state index in [4.69, 9.17) is 27.9 Å². The third-order valence-electron chi connectivity index (χ3n) is 3.61. The lowest BCUT2D eigenvalue weighted by atomic mass is 10.3. The van der Waals surface area contributed by atoms with Crippen LogP contribution in [0.15, 0.2) is 18.5 Å². The summed E-state index contributed by atoms with van der Waals surface area (Å²) in [4.78, 5) is 22.7. The Kier molecular flexibility index (Phi) is 6.30. The zero-order valence-corrected chi connectivity index (χ0v) is 15.6. The fraction of sp³-hybridized carbons (Fsp3) is 0.400. The summed E-state index contributed by atoms with van der Waals surface area (Å²) in [5.74, 6) is 1.33. The van der Waals surface area contributed by atoms with E-state index in [0.29, 0.717) is 46.4 Å². The molecule has 1 amide bonds. The number of morpholine rings is 1. The van der Waals surface area contributed by atoms with Crippen LogP contribution in [0.1, 0.15) is 10.4 Å². The van der Waals surface area contributed by atoms with Crippen molar-refractivity contribution in [2.24, 2.45) is 0 Å². The Hall–Kier alpha value is -1.61. The zero-order chi connectivity index (χ0) is 17.6. The first-order chi connectivity index (χ1) is 12.1. The minimum Gasteiger partial charge on any atom is -0.378 e. The summed E-state index contributed by atoms with van der Waals surface area (Å²) in [5.41, 5.74) is 0.397. The SMILES string of the molecule is O=C(NCCNc1cc(N2CCOCC2)ncn1)c1cc(Cl)sc1Cl. The van der Waals surface area contributed by atoms with Gasteiger partial charge in [-0.2, -0.15) is 0 Å². The van der Waals surface area contributed by atoms with E-state index in [9.17, 15) is 4.79 Å². The zero-order valence-electron chi connectivity index (χ0n) is 13.3. The van der Waals surface area contributed by atoms with Crippen LogP contribution in [0.3, 0.4) is 0 Å². The number of aromatic nitrogens is 2. The second-order valence-corrected chi connectivity index (χ2v) is 7.57. The number of carbonyl (C=O) groups excluding carboxylic acids is 1. The summed E-state index contributed by atoms with van der Waals surface area (Å²) in [6.45, 7) is 4.00. The molecule has 2 N–H and O–H groups in total. The molecule has 1 saturated heterocycles. The van der Waals surface area contributed by atoms with Crippen molar-refractivity contribution in [2.45, 2.75) is 0 Å². The Balaban J connectivity index is 1.47. The number of carbonyl (C=O) groups is 1. The van der Waals surface area contributed by atoms with Crippen LogP contribution in [0.2, 0.25) is 8.67 Å². The number of hydrogen-bond acceptors (Lipinski definition) is 7. The van der Waals surface area contributed by atoms with Gasteiger partial charge in [0.05, 0.1) is 23.1 Å². The quantitative estimate of drug-likeness (QED) is 0.723. The Morgan fingerprint density at radius 1 is 1.24 bits per heavy atom. The lowest BCUT2D eigenvalue weighted by molar-refractivity contribution is 0.0955. The number of halogens is 2. The van der Waals surface area contributed by atoms with Crippen LogP contribution >= 0.6 is 34.5 Å². The first kappa shape index (κ1) is 18.2. The van der Waals surface area contributed by atoms with Crippen LogP contribution in [0, 0.1) is 0 Å². The molecular formula is C15H17Cl2N5O2S. The van der Waals surface area contributed by atoms with Gasteiger partial charge in [0, 0.05) is 32.2 Å². The predicted molar refractivity (Wildman–Crippen MR) is 100 cm³/mol. The van der Waals surface area contributed by atoms with Crippen molar-refractivity contribution in [3.05, 3.63) is 32.7 Å². The number of ether oxygens (including phenoxy) is 1. The third-order valence-corrected chi connectivity index (χ3v) is 5.09. The lowest BCUT2D eigenvalue weighted by Gasteiger charge is -2.27. The summed E-state index contributed by atoms with van der Waals surface area (Å²) >= 11 is 13.0. The van der Waals surface area contributed by atoms with Crippen molar-refractivity contribution in [1.82, 2.24) is 15.3 Å². The fourth-order valence-electron chi connectivity index (χ4n) is 2.37. The van der Waals surface area contributed by atoms with Gasteiger partial charge in [-0.1, -0.05) is 23.2 Å². The minimum atomic E-state index is -0.244. The summed E-state index contributed by atoms with van der Waals surface area (Å²) in [5, 5.41) is 5.96. The lowest BCUT2D eigenvalue weighted by Crippen LogP contribution is -2.36. The molecule has 0 bridgehead atoms. The normalized spacial score (nSPS) is 14.4. The first-order valence-electron chi connectivity index (χ1n) is 7.75. The minimum absolute atomic E-state index is 0.244. The second-order valence-electron chi connectivity index (χ2n) is 5.28. The molecule has 25 heavy (non-hydrogen) atoms. The van der Waals surface area contributed by atoms with Gasteiger partial charge in [-0.05, 0) is 6.07 Å². The van der Waals surface area contributed by atoms with E-state index in [1.807, 2.05) is 6.07 Å². The van der Waals surface area contributed by atoms with Gasteiger partial charge < -0.3 is 20.3 Å². The van der Waals surface area contributed by atoms with Crippen LogP contribution in [0.25, 0.3) is 0 Å². The molecule has 1 fully saturated rings. The Morgan fingerprint density at radius 3 is 2.76 bits per heavy atom. The molecule has 0 saturated carbocycles. The maximum Gasteiger partial charge on any atom is 0.253 e. The molecule has 0 radical (unpaired) electrons. The van der Waals surface area contributed by atoms with Gasteiger partial charge >= 0.3 is 0 Å². The van der Waals surface area contributed by atoms with Gasteiger partial charge in [-0.15, -0.1) is 11.3 Å². The number of nitrogens with one attached hydrogen (secondary N) is 2. The summed E-state index contributed by atoms with van der Waals surface area (Å²) in [6.07, 6.45) is 1.53. The molecule has 7 nitrogen and oxygen atoms in total. The molecule has 0 atom stereocenters. The van der Waals surface area contributed by atoms with Gasteiger partial charge in [0.1, 0.15) is 22.3 Å². The highest BCUT2D eigenvalue weighted by atomic mass is 35.5. The molecule has 3 heterocycles. The molecule has 2 aromatic rings. The molecule has 0 unspecified atom stereocenters. The topological polar surface area (TPSA) is 79.4 Å². The van der Waals surface area contributed by atoms with Gasteiger partial charge in [-0.3, -0.25) is 4.79 Å². The van der Waals surface area contributed by atoms with E-state index in [2.05, 4.69) is 25.5 Å². The van der Waals surface area contributed by atoms with Crippen LogP contribution in [-0.4, -0.2) is 55.3 Å². The Labute approximate surface area is 159 Å². The van der Waals surface area contributed by atoms with Crippen molar-refractivity contribution in [3.8, 4) is 0 Å². The van der Waals surface area contributed by atoms with Crippen molar-refractivity contribution < 1.29 is 9.53 Å². The molecule has 0 aliphatic carbocycles. The number of thiophene rings is 1. The highest BCUT2D eigenvalue weighted by molar-refractivity contribution is 7.20. The molecule has 0 aromatic carbocycles. The highest BCUT2D eigenvalue weighted by Gasteiger charge is 2.14. The molecule has 2 aromatic heterocycles. The number of amides is 1. The van der Waals surface area contributed by atoms with Crippen LogP contribution in [-0.2, 0) is 4.74 Å². The molecule has 3 rings (SSSR count). The van der Waals surface area contributed by atoms with Crippen LogP contribution in [0.5, 0.6) is 0 Å². The number of anilines is 2. The summed E-state index contributed by atoms with van der Waals surface area (Å²) in [6, 6.07) is 3.46. The van der Waals surface area contributed by atoms with Crippen molar-refractivity contribution in [3.63, 3.8) is 0 Å². The van der Waals surface area contributed by atoms with Crippen molar-refractivity contribution in [2.75, 3.05) is 49.6 Å². The second kappa shape index (κ2) is 8.66. The summed E-state index contributed by atoms with van der Waals surface area (Å²) in [7, 11) is 0. The van der Waals surface area contributed by atoms with E-state index < -0.39 is 0 Å². The highest BCUT2D eigenvalue weighted by Crippen LogP contribution is 2.30. The van der Waals surface area contributed by atoms with Crippen LogP contribution < -0.4 is 15.5 Å². The largest absolute Gasteiger partial charge is 0.378 e. The molecular weight excluding hydrogens is 385 g/mol. The molecule has 1 aliphatic heterocycles. The first-order valence-corrected chi connectivity index (χ1v) is 9.32. The van der Waals surface area contributed by atoms with E-state index in [1.54, 1.807) is 6.07 Å². The molecule has 134 valence electrons. The van der Waals surface area contributed by atoms with E-state index >= 15 is 0 Å². The standard InChI is InChI=1S/C15H17Cl2N5O2S/c16-11-7-10(14(17)25-11)15(23)19-2-1-18-12-8-13(21-9-20-12)22-3-5-24-6-4-22/h7-9H,1-6H2,(H,19,23)(H,18,20,21). The van der Waals surface area contributed by atoms with Gasteiger partial charge in [-0.25, -0.2) is 9.97 Å².